The van der Waals surface area contributed by atoms with Crippen molar-refractivity contribution in [1.82, 2.24) is 4.57 Å². The summed E-state index contributed by atoms with van der Waals surface area (Å²) in [6.45, 7) is 3.86. The van der Waals surface area contributed by atoms with Crippen molar-refractivity contribution < 1.29 is 27.9 Å². The van der Waals surface area contributed by atoms with E-state index in [1.807, 2.05) is 30.3 Å². The maximum Gasteiger partial charge on any atom is 0.338 e. The van der Waals surface area contributed by atoms with Crippen molar-refractivity contribution in [2.45, 2.75) is 19.9 Å². The van der Waals surface area contributed by atoms with Crippen LogP contribution in [0.4, 0.5) is 4.39 Å². The number of fused-ring (bicyclic) bond motifs is 1. The third kappa shape index (κ3) is 5.92. The Morgan fingerprint density at radius 3 is 2.27 bits per heavy atom. The number of furan rings is 1. The van der Waals surface area contributed by atoms with Gasteiger partial charge in [0.25, 0.3) is 5.56 Å². The van der Waals surface area contributed by atoms with Crippen molar-refractivity contribution >= 4 is 35.0 Å². The number of halogens is 1. The van der Waals surface area contributed by atoms with E-state index in [9.17, 15) is 18.8 Å². The molecular weight excluding hydrogens is 595 g/mol. The maximum absolute atomic E-state index is 14.0. The zero-order valence-electron chi connectivity index (χ0n) is 24.4. The molecule has 0 unspecified atom stereocenters. The molecule has 5 aromatic rings. The first-order valence-electron chi connectivity index (χ1n) is 14.3. The van der Waals surface area contributed by atoms with Crippen LogP contribution in [0.15, 0.2) is 111 Å². The van der Waals surface area contributed by atoms with Gasteiger partial charge in [0.2, 0.25) is 0 Å². The van der Waals surface area contributed by atoms with Gasteiger partial charge in [-0.25, -0.2) is 19.0 Å². The van der Waals surface area contributed by atoms with Gasteiger partial charge in [-0.15, -0.1) is 0 Å². The van der Waals surface area contributed by atoms with Crippen molar-refractivity contribution in [3.63, 3.8) is 0 Å². The summed E-state index contributed by atoms with van der Waals surface area (Å²) in [7, 11) is 0. The number of hydrogen-bond donors (Lipinski definition) is 0. The second-order valence-electron chi connectivity index (χ2n) is 9.98. The predicted octanol–water partition coefficient (Wildman–Crippen LogP) is 5.51. The number of thiazole rings is 1. The van der Waals surface area contributed by atoms with Gasteiger partial charge in [0, 0.05) is 17.2 Å². The summed E-state index contributed by atoms with van der Waals surface area (Å²) in [5.74, 6) is -0.491. The molecule has 45 heavy (non-hydrogen) atoms. The van der Waals surface area contributed by atoms with E-state index in [2.05, 4.69) is 0 Å². The van der Waals surface area contributed by atoms with Gasteiger partial charge in [0.05, 0.1) is 40.6 Å². The van der Waals surface area contributed by atoms with Crippen LogP contribution in [0.25, 0.3) is 23.1 Å². The Labute approximate surface area is 261 Å². The fourth-order valence-electron chi connectivity index (χ4n) is 5.10. The van der Waals surface area contributed by atoms with Crippen LogP contribution in [0.1, 0.15) is 47.1 Å². The Morgan fingerprint density at radius 1 is 0.889 bits per heavy atom. The van der Waals surface area contributed by atoms with Gasteiger partial charge in [-0.1, -0.05) is 65.9 Å². The van der Waals surface area contributed by atoms with Crippen molar-refractivity contribution in [2.75, 3.05) is 13.2 Å². The SMILES string of the molecule is CCOC(=O)C1=C(c2ccccc2)N=c2s/c(=C\c3ccc(-c4ccc(C(=O)OCC)cc4)o3)c(=O)n2[C@H]1c1ccc(F)cc1. The summed E-state index contributed by atoms with van der Waals surface area (Å²) in [4.78, 5) is 44.7. The van der Waals surface area contributed by atoms with Crippen molar-refractivity contribution in [3.8, 4) is 11.3 Å². The Bertz CT molecular complexity index is 2090. The molecule has 226 valence electrons. The molecule has 3 heterocycles. The third-order valence-corrected chi connectivity index (χ3v) is 8.12. The summed E-state index contributed by atoms with van der Waals surface area (Å²) in [5, 5.41) is 0. The number of benzene rings is 3. The number of ether oxygens (including phenoxy) is 2. The molecule has 0 radical (unpaired) electrons. The quantitative estimate of drug-likeness (QED) is 0.212. The molecule has 0 N–H and O–H groups in total. The van der Waals surface area contributed by atoms with Crippen LogP contribution >= 0.6 is 11.3 Å². The maximum atomic E-state index is 14.0. The van der Waals surface area contributed by atoms with Crippen LogP contribution in [0.2, 0.25) is 0 Å². The number of carbonyl (C=O) groups excluding carboxylic acids is 2. The molecule has 8 nitrogen and oxygen atoms in total. The van der Waals surface area contributed by atoms with E-state index in [4.69, 9.17) is 18.9 Å². The van der Waals surface area contributed by atoms with E-state index in [0.29, 0.717) is 43.2 Å². The molecule has 10 heteroatoms. The second-order valence-corrected chi connectivity index (χ2v) is 11.0. The fourth-order valence-corrected chi connectivity index (χ4v) is 6.08. The molecule has 1 aliphatic rings. The Hall–Kier alpha value is -5.35. The number of esters is 2. The summed E-state index contributed by atoms with van der Waals surface area (Å²) >= 11 is 1.16. The molecule has 0 saturated carbocycles. The lowest BCUT2D eigenvalue weighted by atomic mass is 9.93. The number of carbonyl (C=O) groups is 2. The Morgan fingerprint density at radius 2 is 1.58 bits per heavy atom. The highest BCUT2D eigenvalue weighted by Crippen LogP contribution is 2.35. The minimum atomic E-state index is -0.914. The predicted molar refractivity (Wildman–Crippen MR) is 168 cm³/mol. The third-order valence-electron chi connectivity index (χ3n) is 7.14. The number of aromatic nitrogens is 1. The van der Waals surface area contributed by atoms with Crippen molar-refractivity contribution in [1.29, 1.82) is 0 Å². The average molecular weight is 623 g/mol. The second kappa shape index (κ2) is 12.7. The Balaban J connectivity index is 1.47. The smallest absolute Gasteiger partial charge is 0.338 e. The first-order chi connectivity index (χ1) is 21.9. The van der Waals surface area contributed by atoms with Gasteiger partial charge in [-0.05, 0) is 55.8 Å². The molecule has 0 aliphatic carbocycles. The van der Waals surface area contributed by atoms with E-state index in [0.717, 1.165) is 16.9 Å². The molecule has 0 saturated heterocycles. The minimum absolute atomic E-state index is 0.122. The zero-order chi connectivity index (χ0) is 31.5. The molecule has 1 aliphatic heterocycles. The number of hydrogen-bond acceptors (Lipinski definition) is 8. The van der Waals surface area contributed by atoms with Gasteiger partial charge >= 0.3 is 11.9 Å². The molecular formula is C35H27FN2O6S. The molecule has 0 spiro atoms. The lowest BCUT2D eigenvalue weighted by Crippen LogP contribution is -2.40. The summed E-state index contributed by atoms with van der Waals surface area (Å²) in [5.41, 5.74) is 2.55. The van der Waals surface area contributed by atoms with E-state index in [-0.39, 0.29) is 18.8 Å². The van der Waals surface area contributed by atoms with Crippen molar-refractivity contribution in [3.05, 3.63) is 145 Å². The molecule has 2 aromatic heterocycles. The normalized spacial score (nSPS) is 14.6. The molecule has 0 amide bonds. The molecule has 6 rings (SSSR count). The van der Waals surface area contributed by atoms with Gasteiger partial charge < -0.3 is 13.9 Å². The highest BCUT2D eigenvalue weighted by atomic mass is 32.1. The van der Waals surface area contributed by atoms with Crippen LogP contribution < -0.4 is 14.9 Å². The van der Waals surface area contributed by atoms with Gasteiger partial charge in [0.1, 0.15) is 17.3 Å². The van der Waals surface area contributed by atoms with E-state index in [1.54, 1.807) is 68.5 Å². The summed E-state index contributed by atoms with van der Waals surface area (Å²) in [6, 6.07) is 24.3. The zero-order valence-corrected chi connectivity index (χ0v) is 25.2. The number of nitrogens with zero attached hydrogens (tertiary/aromatic N) is 2. The van der Waals surface area contributed by atoms with E-state index in [1.165, 1.54) is 16.7 Å². The van der Waals surface area contributed by atoms with Gasteiger partial charge in [-0.2, -0.15) is 0 Å². The van der Waals surface area contributed by atoms with E-state index < -0.39 is 29.4 Å². The summed E-state index contributed by atoms with van der Waals surface area (Å²) < 4.78 is 32.3. The highest BCUT2D eigenvalue weighted by molar-refractivity contribution is 7.07. The fraction of sp³-hybridized carbons (Fsp3) is 0.143. The average Bonchev–Trinajstić information content (AvgIpc) is 3.65. The standard InChI is InChI=1S/C35H27FN2O6S/c1-3-42-33(40)24-12-10-21(11-13-24)27-19-18-26(44-27)20-28-32(39)38-31(23-14-16-25(36)17-15-23)29(34(41)43-4-2)30(37-35(38)45-28)22-8-6-5-7-9-22/h5-20,31H,3-4H2,1-2H3/b28-20-/t31-/m0/s1. The van der Waals surface area contributed by atoms with Gasteiger partial charge in [0.15, 0.2) is 4.80 Å². The number of rotatable bonds is 8. The van der Waals surface area contributed by atoms with E-state index >= 15 is 0 Å². The van der Waals surface area contributed by atoms with Crippen LogP contribution in [0.5, 0.6) is 0 Å². The highest BCUT2D eigenvalue weighted by Gasteiger charge is 2.35. The minimum Gasteiger partial charge on any atom is -0.463 e. The van der Waals surface area contributed by atoms with Crippen molar-refractivity contribution in [2.24, 2.45) is 4.99 Å². The topological polar surface area (TPSA) is 100 Å². The molecule has 0 fully saturated rings. The van der Waals surface area contributed by atoms with Gasteiger partial charge in [-0.3, -0.25) is 9.36 Å². The molecule has 1 atom stereocenters. The van der Waals surface area contributed by atoms with Crippen LogP contribution in [0, 0.1) is 5.82 Å². The van der Waals surface area contributed by atoms with Crippen LogP contribution in [0.3, 0.4) is 0 Å². The Kier molecular flexibility index (Phi) is 8.39. The summed E-state index contributed by atoms with van der Waals surface area (Å²) in [6.07, 6.45) is 1.62. The molecule has 0 bridgehead atoms. The lowest BCUT2D eigenvalue weighted by Gasteiger charge is -2.25. The van der Waals surface area contributed by atoms with Crippen LogP contribution in [-0.4, -0.2) is 29.7 Å². The largest absolute Gasteiger partial charge is 0.463 e. The lowest BCUT2D eigenvalue weighted by molar-refractivity contribution is -0.138. The monoisotopic (exact) mass is 622 g/mol. The first kappa shape index (κ1) is 29.7. The first-order valence-corrected chi connectivity index (χ1v) is 15.1. The molecule has 3 aromatic carbocycles. The van der Waals surface area contributed by atoms with Crippen LogP contribution in [-0.2, 0) is 14.3 Å².